The largest absolute Gasteiger partial charge is 0.393 e. The number of aryl methyl sites for hydroxylation is 1. The van der Waals surface area contributed by atoms with Gasteiger partial charge < -0.3 is 10.4 Å². The number of nitrogens with one attached hydrogen (secondary N) is 1. The Hall–Kier alpha value is -1.62. The zero-order valence-electron chi connectivity index (χ0n) is 9.84. The summed E-state index contributed by atoms with van der Waals surface area (Å²) in [5.41, 5.74) is 0.904. The average Bonchev–Trinajstić information content (AvgIpc) is 2.66. The second-order valence-electron chi connectivity index (χ2n) is 4.52. The molecule has 17 heavy (non-hydrogen) atoms. The van der Waals surface area contributed by atoms with Crippen LogP contribution in [-0.2, 0) is 11.8 Å². The van der Waals surface area contributed by atoms with Gasteiger partial charge in [-0.3, -0.25) is 9.48 Å². The zero-order valence-corrected chi connectivity index (χ0v) is 9.84. The van der Waals surface area contributed by atoms with Crippen LogP contribution in [0.3, 0.4) is 0 Å². The van der Waals surface area contributed by atoms with Crippen LogP contribution in [-0.4, -0.2) is 33.4 Å². The maximum atomic E-state index is 11.5. The molecule has 0 unspecified atom stereocenters. The fraction of sp³-hybridized carbons (Fsp3) is 0.500. The van der Waals surface area contributed by atoms with Gasteiger partial charge in [0.1, 0.15) is 0 Å². The summed E-state index contributed by atoms with van der Waals surface area (Å²) in [6, 6.07) is 0. The van der Waals surface area contributed by atoms with E-state index in [1.54, 1.807) is 17.0 Å². The van der Waals surface area contributed by atoms with Gasteiger partial charge in [0.2, 0.25) is 5.91 Å². The lowest BCUT2D eigenvalue weighted by Gasteiger charge is -2.31. The summed E-state index contributed by atoms with van der Waals surface area (Å²) in [6.45, 7) is 0.646. The Bertz CT molecular complexity index is 419. The molecule has 0 atom stereocenters. The molecule has 1 heterocycles. The van der Waals surface area contributed by atoms with Crippen LogP contribution in [0.4, 0.5) is 0 Å². The first-order chi connectivity index (χ1) is 8.13. The lowest BCUT2D eigenvalue weighted by Crippen LogP contribution is -2.37. The smallest absolute Gasteiger partial charge is 0.244 e. The van der Waals surface area contributed by atoms with Crippen molar-refractivity contribution in [2.75, 3.05) is 6.54 Å². The Morgan fingerprint density at radius 2 is 2.47 bits per heavy atom. The summed E-state index contributed by atoms with van der Waals surface area (Å²) < 4.78 is 1.69. The highest BCUT2D eigenvalue weighted by atomic mass is 16.3. The van der Waals surface area contributed by atoms with Gasteiger partial charge in [0.15, 0.2) is 0 Å². The first kappa shape index (κ1) is 11.9. The standard InChI is InChI=1S/C12H17N3O2/c1-15-8-9(7-14-15)2-3-12(17)13-6-10-4-11(16)5-10/h2-3,7-8,10-11,16H,4-6H2,1H3,(H,13,17). The fourth-order valence-corrected chi connectivity index (χ4v) is 1.87. The van der Waals surface area contributed by atoms with Gasteiger partial charge >= 0.3 is 0 Å². The lowest BCUT2D eigenvalue weighted by molar-refractivity contribution is -0.117. The van der Waals surface area contributed by atoms with Gasteiger partial charge in [-0.25, -0.2) is 0 Å². The van der Waals surface area contributed by atoms with Gasteiger partial charge in [0.25, 0.3) is 0 Å². The molecule has 1 aliphatic rings. The molecule has 0 saturated heterocycles. The number of carbonyl (C=O) groups is 1. The Labute approximate surface area is 100 Å². The molecular weight excluding hydrogens is 218 g/mol. The van der Waals surface area contributed by atoms with Crippen molar-refractivity contribution in [3.8, 4) is 0 Å². The van der Waals surface area contributed by atoms with E-state index in [9.17, 15) is 4.79 Å². The van der Waals surface area contributed by atoms with Gasteiger partial charge in [0, 0.05) is 31.4 Å². The summed E-state index contributed by atoms with van der Waals surface area (Å²) in [5, 5.41) is 15.9. The highest BCUT2D eigenvalue weighted by Gasteiger charge is 2.26. The van der Waals surface area contributed by atoms with Crippen LogP contribution in [0.5, 0.6) is 0 Å². The van der Waals surface area contributed by atoms with E-state index in [0.717, 1.165) is 18.4 Å². The zero-order chi connectivity index (χ0) is 12.3. The minimum atomic E-state index is -0.164. The Morgan fingerprint density at radius 1 is 1.71 bits per heavy atom. The fourth-order valence-electron chi connectivity index (χ4n) is 1.87. The van der Waals surface area contributed by atoms with E-state index in [1.807, 2.05) is 13.2 Å². The van der Waals surface area contributed by atoms with E-state index in [4.69, 9.17) is 5.11 Å². The third-order valence-corrected chi connectivity index (χ3v) is 2.93. The molecule has 2 N–H and O–H groups in total. The van der Waals surface area contributed by atoms with Crippen LogP contribution in [0.15, 0.2) is 18.5 Å². The van der Waals surface area contributed by atoms with Gasteiger partial charge in [-0.05, 0) is 24.8 Å². The third-order valence-electron chi connectivity index (χ3n) is 2.93. The van der Waals surface area contributed by atoms with Crippen molar-refractivity contribution < 1.29 is 9.90 Å². The molecule has 0 radical (unpaired) electrons. The first-order valence-electron chi connectivity index (χ1n) is 5.76. The second-order valence-corrected chi connectivity index (χ2v) is 4.52. The molecule has 1 amide bonds. The lowest BCUT2D eigenvalue weighted by atomic mass is 9.82. The van der Waals surface area contributed by atoms with E-state index in [1.165, 1.54) is 6.08 Å². The van der Waals surface area contributed by atoms with Crippen molar-refractivity contribution in [2.24, 2.45) is 13.0 Å². The van der Waals surface area contributed by atoms with Crippen molar-refractivity contribution in [1.82, 2.24) is 15.1 Å². The molecule has 5 heteroatoms. The molecule has 92 valence electrons. The molecule has 0 aliphatic heterocycles. The summed E-state index contributed by atoms with van der Waals surface area (Å²) in [6.07, 6.45) is 8.21. The van der Waals surface area contributed by atoms with Gasteiger partial charge in [-0.1, -0.05) is 0 Å². The van der Waals surface area contributed by atoms with Crippen LogP contribution in [0.25, 0.3) is 6.08 Å². The monoisotopic (exact) mass is 235 g/mol. The third kappa shape index (κ3) is 3.42. The van der Waals surface area contributed by atoms with Crippen LogP contribution >= 0.6 is 0 Å². The van der Waals surface area contributed by atoms with Crippen molar-refractivity contribution in [3.63, 3.8) is 0 Å². The van der Waals surface area contributed by atoms with Crippen molar-refractivity contribution in [3.05, 3.63) is 24.0 Å². The molecule has 0 aromatic carbocycles. The Morgan fingerprint density at radius 3 is 3.06 bits per heavy atom. The highest BCUT2D eigenvalue weighted by molar-refractivity contribution is 5.91. The molecule has 0 spiro atoms. The quantitative estimate of drug-likeness (QED) is 0.739. The molecular formula is C12H17N3O2. The van der Waals surface area contributed by atoms with Gasteiger partial charge in [0.05, 0.1) is 12.3 Å². The Balaban J connectivity index is 1.71. The van der Waals surface area contributed by atoms with Gasteiger partial charge in [-0.15, -0.1) is 0 Å². The molecule has 0 bridgehead atoms. The summed E-state index contributed by atoms with van der Waals surface area (Å²) in [5.74, 6) is 0.330. The summed E-state index contributed by atoms with van der Waals surface area (Å²) in [4.78, 5) is 11.5. The van der Waals surface area contributed by atoms with Crippen molar-refractivity contribution in [2.45, 2.75) is 18.9 Å². The number of carbonyl (C=O) groups excluding carboxylic acids is 1. The number of nitrogens with zero attached hydrogens (tertiary/aromatic N) is 2. The number of hydrogen-bond acceptors (Lipinski definition) is 3. The van der Waals surface area contributed by atoms with E-state index in [2.05, 4.69) is 10.4 Å². The first-order valence-corrected chi connectivity index (χ1v) is 5.76. The normalized spacial score (nSPS) is 23.6. The molecule has 2 rings (SSSR count). The van der Waals surface area contributed by atoms with Crippen molar-refractivity contribution >= 4 is 12.0 Å². The second kappa shape index (κ2) is 5.14. The maximum absolute atomic E-state index is 11.5. The topological polar surface area (TPSA) is 67.2 Å². The molecule has 1 fully saturated rings. The number of rotatable bonds is 4. The van der Waals surface area contributed by atoms with Gasteiger partial charge in [-0.2, -0.15) is 5.10 Å². The van der Waals surface area contributed by atoms with Crippen LogP contribution < -0.4 is 5.32 Å². The number of aliphatic hydroxyl groups is 1. The highest BCUT2D eigenvalue weighted by Crippen LogP contribution is 2.25. The van der Waals surface area contributed by atoms with E-state index in [0.29, 0.717) is 12.5 Å². The molecule has 1 aromatic heterocycles. The van der Waals surface area contributed by atoms with E-state index >= 15 is 0 Å². The summed E-state index contributed by atoms with van der Waals surface area (Å²) in [7, 11) is 1.83. The van der Waals surface area contributed by atoms with Crippen LogP contribution in [0.1, 0.15) is 18.4 Å². The molecule has 1 aromatic rings. The SMILES string of the molecule is Cn1cc(C=CC(=O)NCC2CC(O)C2)cn1. The molecule has 1 saturated carbocycles. The van der Waals surface area contributed by atoms with E-state index in [-0.39, 0.29) is 12.0 Å². The average molecular weight is 235 g/mol. The number of aromatic nitrogens is 2. The van der Waals surface area contributed by atoms with E-state index < -0.39 is 0 Å². The van der Waals surface area contributed by atoms with Crippen molar-refractivity contribution in [1.29, 1.82) is 0 Å². The predicted molar refractivity (Wildman–Crippen MR) is 64.0 cm³/mol. The van der Waals surface area contributed by atoms with Crippen LogP contribution in [0.2, 0.25) is 0 Å². The predicted octanol–water partition coefficient (Wildman–Crippen LogP) is 0.320. The molecule has 5 nitrogen and oxygen atoms in total. The minimum Gasteiger partial charge on any atom is -0.393 e. The number of hydrogen-bond donors (Lipinski definition) is 2. The number of amides is 1. The van der Waals surface area contributed by atoms with Crippen LogP contribution in [0, 0.1) is 5.92 Å². The summed E-state index contributed by atoms with van der Waals surface area (Å²) >= 11 is 0. The maximum Gasteiger partial charge on any atom is 0.244 e. The molecule has 1 aliphatic carbocycles. The Kier molecular flexibility index (Phi) is 3.58. The number of aliphatic hydroxyl groups excluding tert-OH is 1. The minimum absolute atomic E-state index is 0.102.